The summed E-state index contributed by atoms with van der Waals surface area (Å²) >= 11 is 0. The van der Waals surface area contributed by atoms with Crippen molar-refractivity contribution in [1.82, 2.24) is 10.1 Å². The molecule has 0 aliphatic rings. The van der Waals surface area contributed by atoms with E-state index < -0.39 is 5.82 Å². The van der Waals surface area contributed by atoms with Gasteiger partial charge in [0.05, 0.1) is 11.3 Å². The van der Waals surface area contributed by atoms with Gasteiger partial charge in [-0.1, -0.05) is 29.4 Å². The van der Waals surface area contributed by atoms with Gasteiger partial charge in [0.1, 0.15) is 17.5 Å². The van der Waals surface area contributed by atoms with Gasteiger partial charge in [-0.2, -0.15) is 0 Å². The van der Waals surface area contributed by atoms with Crippen LogP contribution in [-0.2, 0) is 19.3 Å². The lowest BCUT2D eigenvalue weighted by atomic mass is 10.0. The molecule has 4 aromatic rings. The van der Waals surface area contributed by atoms with Gasteiger partial charge < -0.3 is 10.3 Å². The van der Waals surface area contributed by atoms with Crippen LogP contribution in [0.1, 0.15) is 22.4 Å². The van der Waals surface area contributed by atoms with E-state index in [2.05, 4.69) is 10.1 Å². The van der Waals surface area contributed by atoms with E-state index in [9.17, 15) is 8.78 Å². The van der Waals surface area contributed by atoms with E-state index in [1.54, 1.807) is 12.3 Å². The molecular weight excluding hydrogens is 372 g/mol. The van der Waals surface area contributed by atoms with Crippen LogP contribution in [0.2, 0.25) is 0 Å². The van der Waals surface area contributed by atoms with Crippen molar-refractivity contribution in [2.24, 2.45) is 0 Å². The molecule has 4 nitrogen and oxygen atoms in total. The molecule has 0 saturated heterocycles. The predicted octanol–water partition coefficient (Wildman–Crippen LogP) is 4.97. The van der Waals surface area contributed by atoms with Gasteiger partial charge in [-0.25, -0.2) is 13.8 Å². The normalized spacial score (nSPS) is 11.0. The summed E-state index contributed by atoms with van der Waals surface area (Å²) in [5.41, 5.74) is 9.90. The monoisotopic (exact) mass is 391 g/mol. The highest BCUT2D eigenvalue weighted by Gasteiger charge is 2.11. The summed E-state index contributed by atoms with van der Waals surface area (Å²) in [4.78, 5) is 4.05. The van der Waals surface area contributed by atoms with E-state index in [1.807, 2.05) is 36.4 Å². The van der Waals surface area contributed by atoms with Gasteiger partial charge in [-0.3, -0.25) is 0 Å². The summed E-state index contributed by atoms with van der Waals surface area (Å²) < 4.78 is 32.4. The molecule has 0 amide bonds. The zero-order valence-corrected chi connectivity index (χ0v) is 15.6. The van der Waals surface area contributed by atoms with Crippen molar-refractivity contribution in [1.29, 1.82) is 0 Å². The lowest BCUT2D eigenvalue weighted by molar-refractivity contribution is 0.425. The molecule has 0 bridgehead atoms. The zero-order chi connectivity index (χ0) is 20.2. The largest absolute Gasteiger partial charge is 0.383 e. The Morgan fingerprint density at radius 2 is 1.69 bits per heavy atom. The Balaban J connectivity index is 1.40. The number of rotatable bonds is 6. The number of hydrogen-bond acceptors (Lipinski definition) is 4. The van der Waals surface area contributed by atoms with Crippen molar-refractivity contribution in [3.05, 3.63) is 101 Å². The van der Waals surface area contributed by atoms with Gasteiger partial charge in [0.2, 0.25) is 0 Å². The Kier molecular flexibility index (Phi) is 5.33. The van der Waals surface area contributed by atoms with Crippen LogP contribution in [0, 0.1) is 11.6 Å². The van der Waals surface area contributed by atoms with Gasteiger partial charge in [-0.05, 0) is 59.9 Å². The third-order valence-corrected chi connectivity index (χ3v) is 4.76. The molecule has 2 aromatic carbocycles. The number of aromatic nitrogens is 2. The van der Waals surface area contributed by atoms with Crippen LogP contribution in [0.5, 0.6) is 0 Å². The Bertz CT molecular complexity index is 1120. The first-order valence-corrected chi connectivity index (χ1v) is 9.27. The highest BCUT2D eigenvalue weighted by molar-refractivity contribution is 5.69. The number of aryl methyl sites for hydroxylation is 2. The van der Waals surface area contributed by atoms with Crippen LogP contribution >= 0.6 is 0 Å². The number of nitrogen functional groups attached to an aromatic ring is 1. The highest BCUT2D eigenvalue weighted by Crippen LogP contribution is 2.25. The minimum Gasteiger partial charge on any atom is -0.383 e. The second-order valence-electron chi connectivity index (χ2n) is 6.85. The SMILES string of the molecule is Nc1ncccc1-c1cc(Cc2ccc(CCc3cc(F)ccc3F)cc2)no1. The maximum absolute atomic E-state index is 13.7. The fraction of sp³-hybridized carbons (Fsp3) is 0.130. The highest BCUT2D eigenvalue weighted by atomic mass is 19.1. The van der Waals surface area contributed by atoms with Crippen molar-refractivity contribution in [2.45, 2.75) is 19.3 Å². The molecule has 0 spiro atoms. The fourth-order valence-electron chi connectivity index (χ4n) is 3.19. The number of nitrogens with two attached hydrogens (primary N) is 1. The summed E-state index contributed by atoms with van der Waals surface area (Å²) in [6, 6.07) is 17.0. The van der Waals surface area contributed by atoms with Crippen molar-refractivity contribution >= 4 is 5.82 Å². The molecule has 0 fully saturated rings. The van der Waals surface area contributed by atoms with E-state index in [1.165, 1.54) is 12.1 Å². The summed E-state index contributed by atoms with van der Waals surface area (Å²) in [5, 5.41) is 4.11. The topological polar surface area (TPSA) is 64.9 Å². The second-order valence-corrected chi connectivity index (χ2v) is 6.85. The molecule has 146 valence electrons. The minimum atomic E-state index is -0.420. The van der Waals surface area contributed by atoms with Crippen LogP contribution in [0.25, 0.3) is 11.3 Å². The number of benzene rings is 2. The molecule has 0 saturated carbocycles. The third kappa shape index (κ3) is 4.48. The maximum atomic E-state index is 13.7. The molecular formula is C23H19F2N3O. The Morgan fingerprint density at radius 1 is 0.897 bits per heavy atom. The van der Waals surface area contributed by atoms with Crippen molar-refractivity contribution in [2.75, 3.05) is 5.73 Å². The molecule has 0 atom stereocenters. The summed E-state index contributed by atoms with van der Waals surface area (Å²) in [5.74, 6) is 0.185. The lowest BCUT2D eigenvalue weighted by Crippen LogP contribution is -1.96. The molecule has 29 heavy (non-hydrogen) atoms. The van der Waals surface area contributed by atoms with Gasteiger partial charge in [0.15, 0.2) is 5.76 Å². The van der Waals surface area contributed by atoms with Gasteiger partial charge in [0, 0.05) is 18.7 Å². The number of hydrogen-bond donors (Lipinski definition) is 1. The van der Waals surface area contributed by atoms with E-state index >= 15 is 0 Å². The van der Waals surface area contributed by atoms with Crippen molar-refractivity contribution in [3.63, 3.8) is 0 Å². The smallest absolute Gasteiger partial charge is 0.170 e. The molecule has 0 unspecified atom stereocenters. The Labute approximate surface area is 167 Å². The molecule has 2 heterocycles. The third-order valence-electron chi connectivity index (χ3n) is 4.76. The Hall–Kier alpha value is -3.54. The Morgan fingerprint density at radius 3 is 2.48 bits per heavy atom. The molecule has 0 aliphatic carbocycles. The van der Waals surface area contributed by atoms with Gasteiger partial charge >= 0.3 is 0 Å². The maximum Gasteiger partial charge on any atom is 0.170 e. The van der Waals surface area contributed by atoms with Gasteiger partial charge in [0.25, 0.3) is 0 Å². The van der Waals surface area contributed by atoms with Gasteiger partial charge in [-0.15, -0.1) is 0 Å². The molecule has 2 aromatic heterocycles. The number of anilines is 1. The molecule has 2 N–H and O–H groups in total. The fourth-order valence-corrected chi connectivity index (χ4v) is 3.19. The van der Waals surface area contributed by atoms with Crippen LogP contribution < -0.4 is 5.73 Å². The van der Waals surface area contributed by atoms with E-state index in [0.29, 0.717) is 42.0 Å². The van der Waals surface area contributed by atoms with Crippen LogP contribution in [-0.4, -0.2) is 10.1 Å². The van der Waals surface area contributed by atoms with Crippen molar-refractivity contribution < 1.29 is 13.3 Å². The molecule has 4 rings (SSSR count). The molecule has 6 heteroatoms. The van der Waals surface area contributed by atoms with E-state index in [-0.39, 0.29) is 5.82 Å². The second kappa shape index (κ2) is 8.22. The van der Waals surface area contributed by atoms with Crippen LogP contribution in [0.4, 0.5) is 14.6 Å². The average Bonchev–Trinajstić information content (AvgIpc) is 3.18. The summed E-state index contributed by atoms with van der Waals surface area (Å²) in [6.07, 6.45) is 3.32. The van der Waals surface area contributed by atoms with Crippen molar-refractivity contribution in [3.8, 4) is 11.3 Å². The van der Waals surface area contributed by atoms with Crippen LogP contribution in [0.3, 0.4) is 0 Å². The minimum absolute atomic E-state index is 0.376. The summed E-state index contributed by atoms with van der Waals surface area (Å²) in [7, 11) is 0. The summed E-state index contributed by atoms with van der Waals surface area (Å²) in [6.45, 7) is 0. The predicted molar refractivity (Wildman–Crippen MR) is 107 cm³/mol. The average molecular weight is 391 g/mol. The number of halogens is 2. The van der Waals surface area contributed by atoms with E-state index in [0.717, 1.165) is 22.9 Å². The lowest BCUT2D eigenvalue weighted by Gasteiger charge is -2.05. The van der Waals surface area contributed by atoms with Crippen LogP contribution in [0.15, 0.2) is 71.4 Å². The quantitative estimate of drug-likeness (QED) is 0.504. The zero-order valence-electron chi connectivity index (χ0n) is 15.6. The standard InChI is InChI=1S/C23H19F2N3O/c24-18-9-10-21(25)17(13-18)8-7-15-3-5-16(6-4-15)12-19-14-22(29-28-19)20-2-1-11-27-23(20)26/h1-6,9-11,13-14H,7-8,12H2,(H2,26,27). The first kappa shape index (κ1) is 18.8. The molecule has 0 aliphatic heterocycles. The number of nitrogens with zero attached hydrogens (tertiary/aromatic N) is 2. The first-order valence-electron chi connectivity index (χ1n) is 9.27. The number of pyridine rings is 1. The molecule has 0 radical (unpaired) electrons. The van der Waals surface area contributed by atoms with E-state index in [4.69, 9.17) is 10.3 Å². The first-order chi connectivity index (χ1) is 14.1.